The smallest absolute Gasteiger partial charge is 0.244 e. The Morgan fingerprint density at radius 2 is 1.76 bits per heavy atom. The Morgan fingerprint density at radius 3 is 2.32 bits per heavy atom. The second-order valence-corrected chi connectivity index (χ2v) is 10.7. The summed E-state index contributed by atoms with van der Waals surface area (Å²) in [4.78, 5) is 27.5. The number of para-hydroxylation sites is 1. The third-order valence-electron chi connectivity index (χ3n) is 5.32. The Morgan fingerprint density at radius 1 is 1.12 bits per heavy atom. The van der Waals surface area contributed by atoms with Gasteiger partial charge in [0.05, 0.1) is 11.9 Å². The number of nitrogens with one attached hydrogen (secondary N) is 1. The third-order valence-corrected chi connectivity index (χ3v) is 7.04. The Balaban J connectivity index is 2.43. The molecule has 7 nitrogen and oxygen atoms in total. The molecule has 2 amide bonds. The Hall–Kier alpha value is -2.36. The molecular weight excluding hydrogens is 504 g/mol. The Kier molecular flexibility index (Phi) is 9.73. The predicted octanol–water partition coefficient (Wildman–Crippen LogP) is 4.23. The highest BCUT2D eigenvalue weighted by atomic mass is 35.5. The van der Waals surface area contributed by atoms with Crippen molar-refractivity contribution in [3.05, 3.63) is 63.9 Å². The summed E-state index contributed by atoms with van der Waals surface area (Å²) in [6.45, 7) is 4.48. The zero-order valence-electron chi connectivity index (χ0n) is 19.4. The first-order valence-electron chi connectivity index (χ1n) is 10.6. The third kappa shape index (κ3) is 7.32. The van der Waals surface area contributed by atoms with Gasteiger partial charge in [0.2, 0.25) is 21.8 Å². The van der Waals surface area contributed by atoms with Gasteiger partial charge in [-0.25, -0.2) is 12.8 Å². The van der Waals surface area contributed by atoms with Crippen LogP contribution in [-0.2, 0) is 26.2 Å². The van der Waals surface area contributed by atoms with Gasteiger partial charge in [0.1, 0.15) is 18.4 Å². The van der Waals surface area contributed by atoms with Gasteiger partial charge in [0.25, 0.3) is 0 Å². The van der Waals surface area contributed by atoms with Crippen LogP contribution in [0.1, 0.15) is 32.8 Å². The molecule has 34 heavy (non-hydrogen) atoms. The summed E-state index contributed by atoms with van der Waals surface area (Å²) in [6, 6.07) is 8.88. The number of amides is 2. The highest BCUT2D eigenvalue weighted by molar-refractivity contribution is 7.92. The highest BCUT2D eigenvalue weighted by Crippen LogP contribution is 2.25. The second-order valence-electron chi connectivity index (χ2n) is 7.97. The normalized spacial score (nSPS) is 13.1. The van der Waals surface area contributed by atoms with Crippen molar-refractivity contribution in [1.29, 1.82) is 0 Å². The molecular formula is C23H28Cl2FN3O4S. The maximum Gasteiger partial charge on any atom is 0.244 e. The van der Waals surface area contributed by atoms with Crippen molar-refractivity contribution < 1.29 is 22.4 Å². The lowest BCUT2D eigenvalue weighted by Crippen LogP contribution is -2.52. The van der Waals surface area contributed by atoms with E-state index < -0.39 is 40.2 Å². The van der Waals surface area contributed by atoms with E-state index in [9.17, 15) is 22.4 Å². The number of rotatable bonds is 10. The van der Waals surface area contributed by atoms with Gasteiger partial charge in [-0.1, -0.05) is 48.3 Å². The van der Waals surface area contributed by atoms with Crippen molar-refractivity contribution in [2.45, 2.75) is 45.8 Å². The largest absolute Gasteiger partial charge is 0.352 e. The van der Waals surface area contributed by atoms with E-state index in [0.717, 1.165) is 12.3 Å². The second kappa shape index (κ2) is 11.9. The summed E-state index contributed by atoms with van der Waals surface area (Å²) < 4.78 is 40.0. The minimum Gasteiger partial charge on any atom is -0.352 e. The fourth-order valence-corrected chi connectivity index (χ4v) is 4.45. The molecule has 0 radical (unpaired) electrons. The monoisotopic (exact) mass is 531 g/mol. The lowest BCUT2D eigenvalue weighted by molar-refractivity contribution is -0.139. The van der Waals surface area contributed by atoms with E-state index >= 15 is 0 Å². The van der Waals surface area contributed by atoms with Gasteiger partial charge in [-0.2, -0.15) is 0 Å². The number of nitrogens with zero attached hydrogens (tertiary/aromatic N) is 2. The summed E-state index contributed by atoms with van der Waals surface area (Å²) in [7, 11) is -4.02. The Labute approximate surface area is 209 Å². The molecule has 0 heterocycles. The van der Waals surface area contributed by atoms with Gasteiger partial charge in [-0.15, -0.1) is 0 Å². The van der Waals surface area contributed by atoms with E-state index in [1.807, 2.05) is 13.8 Å². The number of hydrogen-bond donors (Lipinski definition) is 1. The van der Waals surface area contributed by atoms with Crippen LogP contribution in [0.15, 0.2) is 42.5 Å². The lowest BCUT2D eigenvalue weighted by atomic mass is 10.1. The first kappa shape index (κ1) is 27.9. The molecule has 0 spiro atoms. The zero-order chi connectivity index (χ0) is 25.6. The van der Waals surface area contributed by atoms with Crippen LogP contribution in [0.2, 0.25) is 10.0 Å². The molecule has 0 aliphatic rings. The zero-order valence-corrected chi connectivity index (χ0v) is 21.7. The van der Waals surface area contributed by atoms with E-state index in [2.05, 4.69) is 5.32 Å². The lowest BCUT2D eigenvalue weighted by Gasteiger charge is -2.32. The van der Waals surface area contributed by atoms with E-state index in [1.54, 1.807) is 12.1 Å². The average molecular weight is 532 g/mol. The van der Waals surface area contributed by atoms with Crippen LogP contribution in [0.25, 0.3) is 0 Å². The molecule has 0 bridgehead atoms. The highest BCUT2D eigenvalue weighted by Gasteiger charge is 2.31. The van der Waals surface area contributed by atoms with Gasteiger partial charge < -0.3 is 10.2 Å². The average Bonchev–Trinajstić information content (AvgIpc) is 2.76. The van der Waals surface area contributed by atoms with Crippen LogP contribution in [0, 0.1) is 5.82 Å². The quantitative estimate of drug-likeness (QED) is 0.496. The van der Waals surface area contributed by atoms with E-state index in [-0.39, 0.29) is 23.3 Å². The SMILES string of the molecule is CC[C@H](C)NC(=O)[C@H](C)N(Cc1ccc(Cl)cc1Cl)C(=O)CN(c1ccccc1F)S(C)(=O)=O. The summed E-state index contributed by atoms with van der Waals surface area (Å²) in [5, 5.41) is 3.51. The van der Waals surface area contributed by atoms with Gasteiger partial charge in [-0.3, -0.25) is 13.9 Å². The minimum absolute atomic E-state index is 0.0845. The van der Waals surface area contributed by atoms with Crippen molar-refractivity contribution in [2.24, 2.45) is 0 Å². The van der Waals surface area contributed by atoms with Crippen molar-refractivity contribution in [3.8, 4) is 0 Å². The molecule has 0 aromatic heterocycles. The molecule has 0 saturated carbocycles. The maximum atomic E-state index is 14.4. The van der Waals surface area contributed by atoms with Gasteiger partial charge >= 0.3 is 0 Å². The molecule has 2 aromatic carbocycles. The van der Waals surface area contributed by atoms with Crippen molar-refractivity contribution in [2.75, 3.05) is 17.1 Å². The molecule has 186 valence electrons. The van der Waals surface area contributed by atoms with Crippen LogP contribution in [0.5, 0.6) is 0 Å². The summed E-state index contributed by atoms with van der Waals surface area (Å²) in [5.41, 5.74) is 0.249. The van der Waals surface area contributed by atoms with Crippen LogP contribution in [0.3, 0.4) is 0 Å². The molecule has 0 saturated heterocycles. The number of hydrogen-bond acceptors (Lipinski definition) is 4. The Bertz CT molecular complexity index is 1150. The first-order chi connectivity index (χ1) is 15.8. The molecule has 0 unspecified atom stereocenters. The van der Waals surface area contributed by atoms with Crippen molar-refractivity contribution in [1.82, 2.24) is 10.2 Å². The van der Waals surface area contributed by atoms with Gasteiger partial charge in [0, 0.05) is 22.6 Å². The first-order valence-corrected chi connectivity index (χ1v) is 13.2. The maximum absolute atomic E-state index is 14.4. The molecule has 0 fully saturated rings. The molecule has 0 aliphatic carbocycles. The van der Waals surface area contributed by atoms with E-state index in [1.165, 1.54) is 36.1 Å². The number of anilines is 1. The fraction of sp³-hybridized carbons (Fsp3) is 0.391. The number of benzene rings is 2. The molecule has 2 atom stereocenters. The molecule has 2 aromatic rings. The van der Waals surface area contributed by atoms with E-state index in [0.29, 0.717) is 21.3 Å². The summed E-state index contributed by atoms with van der Waals surface area (Å²) in [6.07, 6.45) is 1.57. The fourth-order valence-electron chi connectivity index (χ4n) is 3.13. The molecule has 2 rings (SSSR count). The number of sulfonamides is 1. The number of carbonyl (C=O) groups excluding carboxylic acids is 2. The van der Waals surface area contributed by atoms with Crippen LogP contribution in [0.4, 0.5) is 10.1 Å². The van der Waals surface area contributed by atoms with Crippen LogP contribution in [-0.4, -0.2) is 50.0 Å². The number of carbonyl (C=O) groups is 2. The number of halogens is 3. The van der Waals surface area contributed by atoms with Crippen LogP contribution < -0.4 is 9.62 Å². The minimum atomic E-state index is -4.02. The van der Waals surface area contributed by atoms with Gasteiger partial charge in [0.15, 0.2) is 0 Å². The van der Waals surface area contributed by atoms with Crippen molar-refractivity contribution >= 4 is 50.7 Å². The van der Waals surface area contributed by atoms with Crippen molar-refractivity contribution in [3.63, 3.8) is 0 Å². The topological polar surface area (TPSA) is 86.8 Å². The van der Waals surface area contributed by atoms with Gasteiger partial charge in [-0.05, 0) is 50.1 Å². The predicted molar refractivity (Wildman–Crippen MR) is 133 cm³/mol. The summed E-state index contributed by atoms with van der Waals surface area (Å²) in [5.74, 6) is -1.91. The standard InChI is InChI=1S/C23H28Cl2FN3O4S/c1-5-15(2)27-23(31)16(3)28(13-17-10-11-18(24)12-19(17)25)22(30)14-29(34(4,32)33)21-9-7-6-8-20(21)26/h6-12,15-16H,5,13-14H2,1-4H3,(H,27,31)/t15-,16-/m0/s1. The van der Waals surface area contributed by atoms with E-state index in [4.69, 9.17) is 23.2 Å². The molecule has 1 N–H and O–H groups in total. The van der Waals surface area contributed by atoms with Crippen LogP contribution >= 0.6 is 23.2 Å². The molecule has 11 heteroatoms. The summed E-state index contributed by atoms with van der Waals surface area (Å²) >= 11 is 12.3. The molecule has 0 aliphatic heterocycles.